The Kier molecular flexibility index (Phi) is 5.91. The predicted octanol–water partition coefficient (Wildman–Crippen LogP) is 6.40. The van der Waals surface area contributed by atoms with Crippen molar-refractivity contribution in [1.82, 2.24) is 0 Å². The highest BCUT2D eigenvalue weighted by atomic mass is 14.3. The molecular weight excluding hydrogens is 288 g/mol. The Balaban J connectivity index is 1.63. The fourth-order valence-electron chi connectivity index (χ4n) is 4.16. The zero-order valence-corrected chi connectivity index (χ0v) is 15.2. The summed E-state index contributed by atoms with van der Waals surface area (Å²) in [5.74, 6) is 1.54. The van der Waals surface area contributed by atoms with Gasteiger partial charge in [-0.15, -0.1) is 0 Å². The first-order valence-electron chi connectivity index (χ1n) is 9.48. The molecule has 0 amide bonds. The predicted molar refractivity (Wildman–Crippen MR) is 104 cm³/mol. The van der Waals surface area contributed by atoms with Crippen molar-refractivity contribution in [3.05, 3.63) is 82.9 Å². The lowest BCUT2D eigenvalue weighted by Crippen LogP contribution is -2.22. The van der Waals surface area contributed by atoms with Crippen molar-refractivity contribution in [1.29, 1.82) is 0 Å². The molecule has 0 fully saturated rings. The van der Waals surface area contributed by atoms with Crippen molar-refractivity contribution in [2.75, 3.05) is 0 Å². The minimum atomic E-state index is 0.729. The summed E-state index contributed by atoms with van der Waals surface area (Å²) in [6.45, 7) is 4.50. The molecule has 0 heteroatoms. The molecule has 2 aromatic rings. The zero-order chi connectivity index (χ0) is 16.8. The van der Waals surface area contributed by atoms with Crippen molar-refractivity contribution in [3.8, 4) is 0 Å². The van der Waals surface area contributed by atoms with Gasteiger partial charge in [0, 0.05) is 0 Å². The van der Waals surface area contributed by atoms with Gasteiger partial charge in [-0.25, -0.2) is 0 Å². The minimum absolute atomic E-state index is 0.729. The first-order chi connectivity index (χ1) is 11.7. The van der Waals surface area contributed by atoms with Crippen LogP contribution in [-0.4, -0.2) is 0 Å². The third kappa shape index (κ3) is 4.60. The van der Waals surface area contributed by atoms with Gasteiger partial charge in [0.05, 0.1) is 0 Å². The first kappa shape index (κ1) is 17.0. The number of allylic oxidation sites excluding steroid dienone is 2. The van der Waals surface area contributed by atoms with Gasteiger partial charge in [0.2, 0.25) is 0 Å². The van der Waals surface area contributed by atoms with Gasteiger partial charge >= 0.3 is 0 Å². The molecule has 2 atom stereocenters. The standard InChI is InChI=1S/C24H30/c1-19(2)17-22(14-8-11-20-9-4-3-5-10-20)24-16-15-21-12-6-7-13-23(21)18-24/h3-7,9-10,12-13,17,22,24H,8,11,14-16,18H2,1-2H3. The van der Waals surface area contributed by atoms with E-state index >= 15 is 0 Å². The van der Waals surface area contributed by atoms with E-state index in [2.05, 4.69) is 74.5 Å². The van der Waals surface area contributed by atoms with Crippen LogP contribution < -0.4 is 0 Å². The fourth-order valence-corrected chi connectivity index (χ4v) is 4.16. The number of hydrogen-bond donors (Lipinski definition) is 0. The summed E-state index contributed by atoms with van der Waals surface area (Å²) >= 11 is 0. The van der Waals surface area contributed by atoms with Crippen LogP contribution in [0.25, 0.3) is 0 Å². The molecule has 0 bridgehead atoms. The molecule has 3 rings (SSSR count). The Morgan fingerprint density at radius 3 is 2.46 bits per heavy atom. The molecule has 1 aliphatic rings. The van der Waals surface area contributed by atoms with E-state index in [9.17, 15) is 0 Å². The van der Waals surface area contributed by atoms with Crippen molar-refractivity contribution in [2.45, 2.75) is 52.4 Å². The van der Waals surface area contributed by atoms with Gasteiger partial charge in [-0.1, -0.05) is 66.2 Å². The Hall–Kier alpha value is -1.82. The highest BCUT2D eigenvalue weighted by molar-refractivity contribution is 5.30. The molecule has 126 valence electrons. The second-order valence-electron chi connectivity index (χ2n) is 7.56. The van der Waals surface area contributed by atoms with Gasteiger partial charge in [0.1, 0.15) is 0 Å². The summed E-state index contributed by atoms with van der Waals surface area (Å²) < 4.78 is 0. The van der Waals surface area contributed by atoms with Gasteiger partial charge in [0.15, 0.2) is 0 Å². The molecule has 2 unspecified atom stereocenters. The van der Waals surface area contributed by atoms with Gasteiger partial charge < -0.3 is 0 Å². The molecule has 0 N–H and O–H groups in total. The molecule has 24 heavy (non-hydrogen) atoms. The molecule has 2 aromatic carbocycles. The van der Waals surface area contributed by atoms with E-state index in [-0.39, 0.29) is 0 Å². The lowest BCUT2D eigenvalue weighted by molar-refractivity contribution is 0.328. The molecule has 1 aliphatic carbocycles. The van der Waals surface area contributed by atoms with Crippen LogP contribution in [0.5, 0.6) is 0 Å². The van der Waals surface area contributed by atoms with Crippen LogP contribution in [0.2, 0.25) is 0 Å². The smallest absolute Gasteiger partial charge is 0.0199 e. The van der Waals surface area contributed by atoms with Gasteiger partial charge in [-0.2, -0.15) is 0 Å². The maximum atomic E-state index is 2.55. The third-order valence-corrected chi connectivity index (χ3v) is 5.38. The number of benzene rings is 2. The van der Waals surface area contributed by atoms with Crippen molar-refractivity contribution in [2.24, 2.45) is 11.8 Å². The van der Waals surface area contributed by atoms with E-state index in [4.69, 9.17) is 0 Å². The molecule has 0 nitrogen and oxygen atoms in total. The Morgan fingerprint density at radius 1 is 1.00 bits per heavy atom. The largest absolute Gasteiger partial charge is 0.0825 e. The van der Waals surface area contributed by atoms with E-state index in [0.29, 0.717) is 0 Å². The SMILES string of the molecule is CC(C)=CC(CCCc1ccccc1)C1CCc2ccccc2C1. The van der Waals surface area contributed by atoms with Crippen molar-refractivity contribution >= 4 is 0 Å². The Labute approximate surface area is 147 Å². The average Bonchev–Trinajstić information content (AvgIpc) is 2.61. The van der Waals surface area contributed by atoms with Crippen LogP contribution in [0.1, 0.15) is 49.8 Å². The van der Waals surface area contributed by atoms with Gasteiger partial charge in [-0.3, -0.25) is 0 Å². The van der Waals surface area contributed by atoms with Crippen molar-refractivity contribution < 1.29 is 0 Å². The topological polar surface area (TPSA) is 0 Å². The van der Waals surface area contributed by atoms with Crippen LogP contribution in [0.3, 0.4) is 0 Å². The first-order valence-corrected chi connectivity index (χ1v) is 9.48. The van der Waals surface area contributed by atoms with E-state index < -0.39 is 0 Å². The van der Waals surface area contributed by atoms with Gasteiger partial charge in [-0.05, 0) is 80.9 Å². The number of aryl methyl sites for hydroxylation is 2. The number of hydrogen-bond acceptors (Lipinski definition) is 0. The van der Waals surface area contributed by atoms with Crippen molar-refractivity contribution in [3.63, 3.8) is 0 Å². The Morgan fingerprint density at radius 2 is 1.71 bits per heavy atom. The summed E-state index contributed by atoms with van der Waals surface area (Å²) in [4.78, 5) is 0. The molecule has 0 aliphatic heterocycles. The summed E-state index contributed by atoms with van der Waals surface area (Å²) in [7, 11) is 0. The summed E-state index contributed by atoms with van der Waals surface area (Å²) in [6.07, 6.45) is 10.2. The van der Waals surface area contributed by atoms with E-state index in [1.165, 1.54) is 49.7 Å². The zero-order valence-electron chi connectivity index (χ0n) is 15.2. The number of fused-ring (bicyclic) bond motifs is 1. The molecule has 0 saturated carbocycles. The summed E-state index contributed by atoms with van der Waals surface area (Å²) in [6, 6.07) is 20.0. The third-order valence-electron chi connectivity index (χ3n) is 5.38. The molecule has 0 heterocycles. The lowest BCUT2D eigenvalue weighted by Gasteiger charge is -2.30. The second-order valence-corrected chi connectivity index (χ2v) is 7.56. The monoisotopic (exact) mass is 318 g/mol. The van der Waals surface area contributed by atoms with E-state index in [1.54, 1.807) is 11.1 Å². The quantitative estimate of drug-likeness (QED) is 0.541. The summed E-state index contributed by atoms with van der Waals surface area (Å²) in [5.41, 5.74) is 6.11. The van der Waals surface area contributed by atoms with Crippen LogP contribution in [-0.2, 0) is 19.3 Å². The Bertz CT molecular complexity index is 661. The second kappa shape index (κ2) is 8.33. The van der Waals surface area contributed by atoms with Crippen LogP contribution in [0, 0.1) is 11.8 Å². The molecule has 0 spiro atoms. The van der Waals surface area contributed by atoms with E-state index in [0.717, 1.165) is 11.8 Å². The molecule has 0 aromatic heterocycles. The van der Waals surface area contributed by atoms with Gasteiger partial charge in [0.25, 0.3) is 0 Å². The molecule has 0 radical (unpaired) electrons. The molecule has 0 saturated heterocycles. The summed E-state index contributed by atoms with van der Waals surface area (Å²) in [5, 5.41) is 0. The lowest BCUT2D eigenvalue weighted by atomic mass is 9.75. The minimum Gasteiger partial charge on any atom is -0.0825 e. The van der Waals surface area contributed by atoms with Crippen LogP contribution in [0.15, 0.2) is 66.2 Å². The highest BCUT2D eigenvalue weighted by Gasteiger charge is 2.24. The maximum Gasteiger partial charge on any atom is -0.0199 e. The van der Waals surface area contributed by atoms with E-state index in [1.807, 2.05) is 0 Å². The maximum absolute atomic E-state index is 2.55. The normalized spacial score (nSPS) is 17.8. The van der Waals surface area contributed by atoms with Crippen LogP contribution >= 0.6 is 0 Å². The van der Waals surface area contributed by atoms with Crippen LogP contribution in [0.4, 0.5) is 0 Å². The highest BCUT2D eigenvalue weighted by Crippen LogP contribution is 2.34. The average molecular weight is 319 g/mol. The number of rotatable bonds is 6. The fraction of sp³-hybridized carbons (Fsp3) is 0.417. The molecular formula is C24H30.